The van der Waals surface area contributed by atoms with Crippen molar-refractivity contribution in [3.63, 3.8) is 0 Å². The third kappa shape index (κ3) is 4.09. The first kappa shape index (κ1) is 24.8. The van der Waals surface area contributed by atoms with E-state index in [0.717, 1.165) is 5.69 Å². The fourth-order valence-electron chi connectivity index (χ4n) is 4.54. The van der Waals surface area contributed by atoms with Crippen LogP contribution in [0.25, 0.3) is 16.8 Å². The number of nitrogens with one attached hydrogen (secondary N) is 1. The average Bonchev–Trinajstić information content (AvgIpc) is 3.45. The summed E-state index contributed by atoms with van der Waals surface area (Å²) in [6.45, 7) is 0. The van der Waals surface area contributed by atoms with Crippen LogP contribution in [0.5, 0.6) is 11.5 Å². The number of amides is 1. The number of nitrogens with zero attached hydrogens (tertiary/aromatic N) is 3. The topological polar surface area (TPSA) is 108 Å². The van der Waals surface area contributed by atoms with Gasteiger partial charge >= 0.3 is 5.91 Å². The van der Waals surface area contributed by atoms with Crippen molar-refractivity contribution >= 4 is 40.1 Å². The number of methoxy groups -OCH3 is 2. The van der Waals surface area contributed by atoms with E-state index in [0.29, 0.717) is 22.3 Å². The first-order chi connectivity index (χ1) is 18.2. The van der Waals surface area contributed by atoms with Gasteiger partial charge in [0.2, 0.25) is 5.95 Å². The molecule has 1 amide bonds. The second-order valence-electron chi connectivity index (χ2n) is 8.94. The molecule has 0 aliphatic carbocycles. The molecule has 1 fully saturated rings. The highest BCUT2D eigenvalue weighted by molar-refractivity contribution is 6.51. The molecule has 1 aliphatic rings. The molecule has 3 aromatic carbocycles. The van der Waals surface area contributed by atoms with E-state index in [4.69, 9.17) is 9.47 Å². The molecule has 9 nitrogen and oxygen atoms in total. The van der Waals surface area contributed by atoms with Gasteiger partial charge in [-0.05, 0) is 48.0 Å². The molecule has 1 unspecified atom stereocenters. The minimum Gasteiger partial charge on any atom is -0.507 e. The smallest absolute Gasteiger partial charge is 0.302 e. The number of aliphatic hydroxyl groups is 1. The van der Waals surface area contributed by atoms with E-state index in [1.807, 2.05) is 31.1 Å². The Morgan fingerprint density at radius 1 is 1.03 bits per heavy atom. The van der Waals surface area contributed by atoms with Crippen molar-refractivity contribution in [2.24, 2.45) is 0 Å². The van der Waals surface area contributed by atoms with E-state index in [9.17, 15) is 19.1 Å². The van der Waals surface area contributed by atoms with E-state index in [1.54, 1.807) is 30.3 Å². The highest BCUT2D eigenvalue weighted by Gasteiger charge is 2.48. The van der Waals surface area contributed by atoms with Crippen molar-refractivity contribution < 1.29 is 28.6 Å². The van der Waals surface area contributed by atoms with Crippen LogP contribution in [-0.4, -0.2) is 55.1 Å². The Labute approximate surface area is 217 Å². The van der Waals surface area contributed by atoms with E-state index in [-0.39, 0.29) is 22.8 Å². The number of halogens is 1. The molecule has 0 saturated carbocycles. The lowest BCUT2D eigenvalue weighted by atomic mass is 9.95. The van der Waals surface area contributed by atoms with E-state index >= 15 is 0 Å². The van der Waals surface area contributed by atoms with Crippen LogP contribution in [0.3, 0.4) is 0 Å². The summed E-state index contributed by atoms with van der Waals surface area (Å²) < 4.78 is 24.5. The fourth-order valence-corrected chi connectivity index (χ4v) is 4.54. The standard InChI is InChI=1S/C28H25FN4O5/c1-32(2)17-8-5-15(6-9-17)24-23(25(34)19-11-10-18(37-3)14-22(19)38-4)26(35)27(36)33(24)28-30-20-12-7-16(29)13-21(20)31-28/h5-14,24,34H,1-4H3,(H,30,31)/b25-23+. The van der Waals surface area contributed by atoms with Crippen molar-refractivity contribution in [1.29, 1.82) is 0 Å². The van der Waals surface area contributed by atoms with Gasteiger partial charge in [0.1, 0.15) is 23.1 Å². The van der Waals surface area contributed by atoms with Crippen LogP contribution in [0.15, 0.2) is 66.2 Å². The van der Waals surface area contributed by atoms with Gasteiger partial charge in [0.25, 0.3) is 5.78 Å². The van der Waals surface area contributed by atoms with Gasteiger partial charge in [-0.25, -0.2) is 9.37 Å². The fraction of sp³-hybridized carbons (Fsp3) is 0.179. The highest BCUT2D eigenvalue weighted by atomic mass is 19.1. The number of H-pyrrole nitrogens is 1. The minimum atomic E-state index is -1.02. The molecule has 0 radical (unpaired) electrons. The second-order valence-corrected chi connectivity index (χ2v) is 8.94. The largest absolute Gasteiger partial charge is 0.507 e. The zero-order valence-electron chi connectivity index (χ0n) is 21.2. The lowest BCUT2D eigenvalue weighted by molar-refractivity contribution is -0.132. The summed E-state index contributed by atoms with van der Waals surface area (Å²) in [5.74, 6) is -1.87. The molecule has 0 bridgehead atoms. The maximum Gasteiger partial charge on any atom is 0.302 e. The van der Waals surface area contributed by atoms with Crippen LogP contribution in [0.2, 0.25) is 0 Å². The van der Waals surface area contributed by atoms with E-state index in [1.165, 1.54) is 37.3 Å². The van der Waals surface area contributed by atoms with Gasteiger partial charge in [0.15, 0.2) is 0 Å². The summed E-state index contributed by atoms with van der Waals surface area (Å²) >= 11 is 0. The SMILES string of the molecule is COc1ccc(/C(O)=C2\C(=O)C(=O)N(c3nc4ccc(F)cc4[nH]3)C2c2ccc(N(C)C)cc2)c(OC)c1. The molecular formula is C28H25FN4O5. The number of anilines is 2. The maximum atomic E-state index is 13.8. The van der Waals surface area contributed by atoms with E-state index in [2.05, 4.69) is 9.97 Å². The Balaban J connectivity index is 1.73. The van der Waals surface area contributed by atoms with Gasteiger partial charge in [-0.1, -0.05) is 12.1 Å². The molecule has 1 aliphatic heterocycles. The van der Waals surface area contributed by atoms with Gasteiger partial charge in [-0.3, -0.25) is 14.5 Å². The zero-order valence-corrected chi connectivity index (χ0v) is 21.2. The molecule has 1 atom stereocenters. The molecule has 1 aromatic heterocycles. The van der Waals surface area contributed by atoms with Crippen LogP contribution in [-0.2, 0) is 9.59 Å². The van der Waals surface area contributed by atoms with Gasteiger partial charge in [-0.2, -0.15) is 0 Å². The molecule has 2 N–H and O–H groups in total. The molecule has 194 valence electrons. The predicted octanol–water partition coefficient (Wildman–Crippen LogP) is 4.41. The molecular weight excluding hydrogens is 491 g/mol. The van der Waals surface area contributed by atoms with Gasteiger partial charge in [-0.15, -0.1) is 0 Å². The predicted molar refractivity (Wildman–Crippen MR) is 141 cm³/mol. The number of imidazole rings is 1. The van der Waals surface area contributed by atoms with Crippen molar-refractivity contribution in [2.75, 3.05) is 38.1 Å². The minimum absolute atomic E-state index is 0.0510. The number of carbonyl (C=O) groups excluding carboxylic acids is 2. The molecule has 0 spiro atoms. The van der Waals surface area contributed by atoms with Crippen LogP contribution in [0.4, 0.5) is 16.0 Å². The number of benzene rings is 3. The summed E-state index contributed by atoms with van der Waals surface area (Å²) in [6, 6.07) is 14.9. The van der Waals surface area contributed by atoms with Crippen LogP contribution < -0.4 is 19.3 Å². The summed E-state index contributed by atoms with van der Waals surface area (Å²) in [5, 5.41) is 11.5. The lowest BCUT2D eigenvalue weighted by Gasteiger charge is -2.24. The van der Waals surface area contributed by atoms with Crippen molar-refractivity contribution in [2.45, 2.75) is 6.04 Å². The molecule has 5 rings (SSSR count). The third-order valence-electron chi connectivity index (χ3n) is 6.49. The Morgan fingerprint density at radius 2 is 1.76 bits per heavy atom. The summed E-state index contributed by atoms with van der Waals surface area (Å²) in [5.41, 5.74) is 2.33. The molecule has 38 heavy (non-hydrogen) atoms. The number of ketones is 1. The number of carbonyl (C=O) groups is 2. The summed E-state index contributed by atoms with van der Waals surface area (Å²) in [4.78, 5) is 37.4. The molecule has 4 aromatic rings. The number of aromatic amines is 1. The lowest BCUT2D eigenvalue weighted by Crippen LogP contribution is -2.30. The number of rotatable bonds is 6. The Morgan fingerprint density at radius 3 is 2.42 bits per heavy atom. The van der Waals surface area contributed by atoms with Gasteiger partial charge < -0.3 is 24.5 Å². The first-order valence-corrected chi connectivity index (χ1v) is 11.7. The monoisotopic (exact) mass is 516 g/mol. The van der Waals surface area contributed by atoms with E-state index < -0.39 is 29.3 Å². The van der Waals surface area contributed by atoms with Gasteiger partial charge in [0, 0.05) is 25.8 Å². The number of aliphatic hydroxyl groups excluding tert-OH is 1. The quantitative estimate of drug-likeness (QED) is 0.222. The molecule has 2 heterocycles. The normalized spacial score (nSPS) is 16.8. The second kappa shape index (κ2) is 9.55. The number of aromatic nitrogens is 2. The van der Waals surface area contributed by atoms with Crippen LogP contribution in [0.1, 0.15) is 17.2 Å². The zero-order chi connectivity index (χ0) is 27.1. The van der Waals surface area contributed by atoms with Crippen molar-refractivity contribution in [3.05, 3.63) is 83.2 Å². The number of hydrogen-bond acceptors (Lipinski definition) is 7. The summed E-state index contributed by atoms with van der Waals surface area (Å²) in [7, 11) is 6.71. The number of hydrogen-bond donors (Lipinski definition) is 2. The first-order valence-electron chi connectivity index (χ1n) is 11.7. The van der Waals surface area contributed by atoms with Crippen LogP contribution in [0, 0.1) is 5.82 Å². The Bertz CT molecular complexity index is 1590. The number of fused-ring (bicyclic) bond motifs is 1. The average molecular weight is 517 g/mol. The Hall–Kier alpha value is -4.86. The number of ether oxygens (including phenoxy) is 2. The van der Waals surface area contributed by atoms with Crippen molar-refractivity contribution in [1.82, 2.24) is 9.97 Å². The molecule has 10 heteroatoms. The maximum absolute atomic E-state index is 13.8. The number of Topliss-reactive ketones (excluding diaryl/α,β-unsaturated/α-hetero) is 1. The van der Waals surface area contributed by atoms with Crippen LogP contribution >= 0.6 is 0 Å². The molecule has 1 saturated heterocycles. The van der Waals surface area contributed by atoms with Crippen molar-refractivity contribution in [3.8, 4) is 11.5 Å². The third-order valence-corrected chi connectivity index (χ3v) is 6.49. The van der Waals surface area contributed by atoms with Gasteiger partial charge in [0.05, 0.1) is 42.4 Å². The summed E-state index contributed by atoms with van der Waals surface area (Å²) in [6.07, 6.45) is 0. The Kier molecular flexibility index (Phi) is 6.23. The highest BCUT2D eigenvalue weighted by Crippen LogP contribution is 2.43.